The lowest BCUT2D eigenvalue weighted by atomic mass is 10.1. The number of nitrogens with zero attached hydrogens (tertiary/aromatic N) is 2. The van der Waals surface area contributed by atoms with Crippen LogP contribution in [-0.2, 0) is 30.6 Å². The molecule has 0 radical (unpaired) electrons. The molecule has 260 valence electrons. The first kappa shape index (κ1) is 39.0. The molecular formula is C42H52N2O4S. The summed E-state index contributed by atoms with van der Waals surface area (Å²) >= 11 is 0.981. The average molecular weight is 681 g/mol. The average Bonchev–Trinajstić information content (AvgIpc) is 3.37. The Morgan fingerprint density at radius 2 is 1.37 bits per heavy atom. The first-order valence-electron chi connectivity index (χ1n) is 17.5. The summed E-state index contributed by atoms with van der Waals surface area (Å²) in [5, 5.41) is 10.7. The van der Waals surface area contributed by atoms with Gasteiger partial charge in [0, 0.05) is 31.2 Å². The molecule has 3 aromatic rings. The molecule has 0 saturated carbocycles. The van der Waals surface area contributed by atoms with Gasteiger partial charge in [-0.25, -0.2) is 0 Å². The molecule has 2 aromatic heterocycles. The van der Waals surface area contributed by atoms with Gasteiger partial charge in [0.1, 0.15) is 5.75 Å². The van der Waals surface area contributed by atoms with Crippen LogP contribution in [0.4, 0.5) is 0 Å². The van der Waals surface area contributed by atoms with Crippen molar-refractivity contribution in [3.05, 3.63) is 147 Å². The molecule has 0 spiro atoms. The Balaban J connectivity index is 1.30. The molecule has 7 heteroatoms. The van der Waals surface area contributed by atoms with Crippen molar-refractivity contribution in [2.75, 3.05) is 6.61 Å². The molecule has 0 aliphatic carbocycles. The fraction of sp³-hybridized carbons (Fsp3) is 0.357. The van der Waals surface area contributed by atoms with Crippen LogP contribution in [0, 0.1) is 0 Å². The number of ketones is 1. The zero-order valence-electron chi connectivity index (χ0n) is 29.1. The highest BCUT2D eigenvalue weighted by molar-refractivity contribution is 7.09. The second-order valence-corrected chi connectivity index (χ2v) is 12.7. The Morgan fingerprint density at radius 3 is 1.92 bits per heavy atom. The van der Waals surface area contributed by atoms with Gasteiger partial charge in [-0.3, -0.25) is 19.1 Å². The molecule has 2 heterocycles. The number of ether oxygens (including phenoxy) is 1. The standard InChI is InChI=1S/C42H52N2O4S/c1-3-5-6-7-8-9-10-11-12-13-14-15-16-17-18-19-20-21-22-23-38(45)34-44-41(46)40(49-42(44)47)32-36-25-28-39(29-26-36)48-31-30-37-27-24-35(4-2)33-43-37/h5-6,8-9,11-12,14-15,17-18,20-21,24-29,33,46H,3-4,7,10,13,16,19,22-23,30-32,34H2,1-2H3. The second-order valence-electron chi connectivity index (χ2n) is 11.6. The molecule has 1 N–H and O–H groups in total. The molecule has 3 rings (SSSR count). The lowest BCUT2D eigenvalue weighted by Crippen LogP contribution is -2.18. The van der Waals surface area contributed by atoms with E-state index in [1.807, 2.05) is 48.7 Å². The smallest absolute Gasteiger partial charge is 0.310 e. The normalized spacial score (nSPS) is 12.3. The number of hydrogen-bond donors (Lipinski definition) is 1. The lowest BCUT2D eigenvalue weighted by molar-refractivity contribution is -0.119. The van der Waals surface area contributed by atoms with E-state index in [1.54, 1.807) is 0 Å². The summed E-state index contributed by atoms with van der Waals surface area (Å²) in [5.74, 6) is 0.542. The van der Waals surface area contributed by atoms with Crippen molar-refractivity contribution in [3.63, 3.8) is 0 Å². The Hall–Kier alpha value is -4.49. The van der Waals surface area contributed by atoms with Crippen molar-refractivity contribution in [1.82, 2.24) is 9.55 Å². The van der Waals surface area contributed by atoms with Crippen LogP contribution in [0.1, 0.15) is 86.9 Å². The van der Waals surface area contributed by atoms with Gasteiger partial charge >= 0.3 is 4.87 Å². The monoisotopic (exact) mass is 680 g/mol. The number of rotatable bonds is 23. The first-order valence-corrected chi connectivity index (χ1v) is 18.3. The molecule has 6 nitrogen and oxygen atoms in total. The van der Waals surface area contributed by atoms with Crippen LogP contribution < -0.4 is 9.61 Å². The maximum atomic E-state index is 12.6. The zero-order valence-corrected chi connectivity index (χ0v) is 30.0. The van der Waals surface area contributed by atoms with E-state index in [0.717, 1.165) is 79.7 Å². The van der Waals surface area contributed by atoms with Crippen LogP contribution >= 0.6 is 11.3 Å². The number of carbonyl (C=O) groups excluding carboxylic acids is 1. The van der Waals surface area contributed by atoms with Gasteiger partial charge in [-0.05, 0) is 80.7 Å². The zero-order chi connectivity index (χ0) is 34.9. The summed E-state index contributed by atoms with van der Waals surface area (Å²) < 4.78 is 7.05. The molecule has 49 heavy (non-hydrogen) atoms. The van der Waals surface area contributed by atoms with Crippen molar-refractivity contribution < 1.29 is 14.6 Å². The SMILES string of the molecule is CCC=CCC=CCC=CCC=CCC=CCC=CCCC(=O)Cn1c(O)c(Cc2ccc(OCCc3ccc(CC)cn3)cc2)sc1=O. The fourth-order valence-corrected chi connectivity index (χ4v) is 5.72. The van der Waals surface area contributed by atoms with Crippen LogP contribution in [0.5, 0.6) is 11.6 Å². The third kappa shape index (κ3) is 16.0. The molecule has 0 aliphatic heterocycles. The van der Waals surface area contributed by atoms with Gasteiger partial charge in [-0.1, -0.05) is 116 Å². The van der Waals surface area contributed by atoms with E-state index in [4.69, 9.17) is 4.74 Å². The number of benzene rings is 1. The molecule has 0 unspecified atom stereocenters. The maximum absolute atomic E-state index is 12.6. The molecule has 0 saturated heterocycles. The summed E-state index contributed by atoms with van der Waals surface area (Å²) in [7, 11) is 0. The number of Topliss-reactive ketones (excluding diaryl/α,β-unsaturated/α-hetero) is 1. The molecule has 0 fully saturated rings. The first-order chi connectivity index (χ1) is 24.0. The van der Waals surface area contributed by atoms with Gasteiger partial charge in [-0.2, -0.15) is 0 Å². The number of pyridine rings is 1. The molecule has 0 atom stereocenters. The van der Waals surface area contributed by atoms with Gasteiger partial charge < -0.3 is 9.84 Å². The van der Waals surface area contributed by atoms with E-state index in [9.17, 15) is 14.7 Å². The van der Waals surface area contributed by atoms with E-state index < -0.39 is 0 Å². The number of aryl methyl sites for hydroxylation is 1. The predicted molar refractivity (Wildman–Crippen MR) is 205 cm³/mol. The predicted octanol–water partition coefficient (Wildman–Crippen LogP) is 9.83. The number of carbonyl (C=O) groups is 1. The van der Waals surface area contributed by atoms with Crippen LogP contribution in [0.3, 0.4) is 0 Å². The van der Waals surface area contributed by atoms with Crippen LogP contribution in [-0.4, -0.2) is 27.0 Å². The highest BCUT2D eigenvalue weighted by Gasteiger charge is 2.16. The Labute approximate surface area is 296 Å². The second kappa shape index (κ2) is 23.8. The summed E-state index contributed by atoms with van der Waals surface area (Å²) in [5.41, 5.74) is 3.16. The van der Waals surface area contributed by atoms with Crippen molar-refractivity contribution in [3.8, 4) is 11.6 Å². The third-order valence-corrected chi connectivity index (χ3v) is 8.63. The van der Waals surface area contributed by atoms with Crippen molar-refractivity contribution in [2.45, 2.75) is 91.0 Å². The Morgan fingerprint density at radius 1 is 0.796 bits per heavy atom. The van der Waals surface area contributed by atoms with Crippen LogP contribution in [0.2, 0.25) is 0 Å². The maximum Gasteiger partial charge on any atom is 0.310 e. The minimum Gasteiger partial charge on any atom is -0.494 e. The van der Waals surface area contributed by atoms with Gasteiger partial charge in [0.15, 0.2) is 5.78 Å². The van der Waals surface area contributed by atoms with Gasteiger partial charge in [0.05, 0.1) is 18.0 Å². The molecule has 1 aromatic carbocycles. The van der Waals surface area contributed by atoms with E-state index >= 15 is 0 Å². The molecule has 0 aliphatic rings. The molecular weight excluding hydrogens is 629 g/mol. The summed E-state index contributed by atoms with van der Waals surface area (Å²) in [6, 6.07) is 11.8. The summed E-state index contributed by atoms with van der Waals surface area (Å²) in [6.07, 6.45) is 36.5. The molecule has 0 bridgehead atoms. The molecule has 0 amide bonds. The topological polar surface area (TPSA) is 81.4 Å². The Kier molecular flexibility index (Phi) is 18.9. The largest absolute Gasteiger partial charge is 0.494 e. The summed E-state index contributed by atoms with van der Waals surface area (Å²) in [6.45, 7) is 4.66. The third-order valence-electron chi connectivity index (χ3n) is 7.67. The highest BCUT2D eigenvalue weighted by atomic mass is 32.1. The van der Waals surface area contributed by atoms with E-state index in [-0.39, 0.29) is 23.1 Å². The number of aromatic hydroxyl groups is 1. The fourth-order valence-electron chi connectivity index (χ4n) is 4.81. The van der Waals surface area contributed by atoms with Gasteiger partial charge in [-0.15, -0.1) is 0 Å². The highest BCUT2D eigenvalue weighted by Crippen LogP contribution is 2.25. The Bertz CT molecular complexity index is 1620. The quantitative estimate of drug-likeness (QED) is 0.101. The minimum atomic E-state index is -0.324. The lowest BCUT2D eigenvalue weighted by Gasteiger charge is -2.08. The number of hydrogen-bond acceptors (Lipinski definition) is 6. The van der Waals surface area contributed by atoms with Crippen LogP contribution in [0.25, 0.3) is 0 Å². The van der Waals surface area contributed by atoms with E-state index in [2.05, 4.69) is 85.7 Å². The van der Waals surface area contributed by atoms with E-state index in [1.165, 1.54) is 10.1 Å². The van der Waals surface area contributed by atoms with Gasteiger partial charge in [0.25, 0.3) is 0 Å². The van der Waals surface area contributed by atoms with Crippen molar-refractivity contribution >= 4 is 17.1 Å². The van der Waals surface area contributed by atoms with E-state index in [0.29, 0.717) is 30.7 Å². The van der Waals surface area contributed by atoms with Crippen molar-refractivity contribution in [1.29, 1.82) is 0 Å². The van der Waals surface area contributed by atoms with Crippen LogP contribution in [0.15, 0.2) is 120 Å². The van der Waals surface area contributed by atoms with Gasteiger partial charge in [0.2, 0.25) is 5.88 Å². The minimum absolute atomic E-state index is 0.0840. The van der Waals surface area contributed by atoms with Crippen molar-refractivity contribution in [2.24, 2.45) is 0 Å². The number of allylic oxidation sites excluding steroid dienone is 12. The number of thiazole rings is 1. The summed E-state index contributed by atoms with van der Waals surface area (Å²) in [4.78, 5) is 29.8. The number of aromatic nitrogens is 2.